The Morgan fingerprint density at radius 1 is 1.25 bits per heavy atom. The van der Waals surface area contributed by atoms with Crippen molar-refractivity contribution in [2.24, 2.45) is 0 Å². The highest BCUT2D eigenvalue weighted by atomic mass is 16.6. The number of hydrogen-bond acceptors (Lipinski definition) is 8. The van der Waals surface area contributed by atoms with Crippen LogP contribution in [0.25, 0.3) is 0 Å². The van der Waals surface area contributed by atoms with E-state index in [9.17, 15) is 19.7 Å². The fraction of sp³-hybridized carbons (Fsp3) is 0.222. The molecule has 3 N–H and O–H groups in total. The number of fused-ring (bicyclic) bond motifs is 1. The van der Waals surface area contributed by atoms with Gasteiger partial charge in [-0.25, -0.2) is 4.79 Å². The number of anilines is 1. The molecule has 10 nitrogen and oxygen atoms in total. The molecule has 3 rings (SSSR count). The topological polar surface area (TPSA) is 143 Å². The van der Waals surface area contributed by atoms with E-state index in [1.807, 2.05) is 12.1 Å². The molecule has 0 aromatic heterocycles. The van der Waals surface area contributed by atoms with Gasteiger partial charge in [-0.3, -0.25) is 14.9 Å². The first kappa shape index (κ1) is 19.0. The summed E-state index contributed by atoms with van der Waals surface area (Å²) in [5.74, 6) is -0.267. The van der Waals surface area contributed by atoms with E-state index in [0.717, 1.165) is 6.07 Å². The Kier molecular flexibility index (Phi) is 5.58. The van der Waals surface area contributed by atoms with Gasteiger partial charge in [0.1, 0.15) is 12.7 Å². The second kappa shape index (κ2) is 8.25. The Bertz CT molecular complexity index is 916. The Morgan fingerprint density at radius 3 is 2.75 bits per heavy atom. The number of para-hydroxylation sites is 2. The van der Waals surface area contributed by atoms with Crippen LogP contribution in [0.3, 0.4) is 0 Å². The van der Waals surface area contributed by atoms with Crippen molar-refractivity contribution in [2.45, 2.75) is 6.10 Å². The largest absolute Gasteiger partial charge is 0.486 e. The quantitative estimate of drug-likeness (QED) is 0.327. The molecule has 2 aromatic rings. The van der Waals surface area contributed by atoms with Crippen molar-refractivity contribution in [3.05, 3.63) is 58.1 Å². The maximum Gasteiger partial charge on any atom is 0.341 e. The van der Waals surface area contributed by atoms with Gasteiger partial charge in [0.2, 0.25) is 0 Å². The number of esters is 1. The number of nitro benzene ring substituents is 1. The SMILES string of the molecule is Nc1ccc([N+](=O)[O-])cc1C(=O)OCC(=O)NC[C@H]1COc2ccccc2O1. The molecule has 28 heavy (non-hydrogen) atoms. The fourth-order valence-corrected chi connectivity index (χ4v) is 2.49. The van der Waals surface area contributed by atoms with Gasteiger partial charge >= 0.3 is 5.97 Å². The highest BCUT2D eigenvalue weighted by molar-refractivity contribution is 5.96. The standard InChI is InChI=1S/C18H17N3O7/c19-14-6-5-11(21(24)25)7-13(14)18(23)27-10-17(22)20-8-12-9-26-15-3-1-2-4-16(15)28-12/h1-7,12H,8-10,19H2,(H,20,22)/t12-/m0/s1. The number of ether oxygens (including phenoxy) is 3. The van der Waals surface area contributed by atoms with E-state index in [2.05, 4.69) is 5.32 Å². The molecule has 0 fully saturated rings. The zero-order valence-corrected chi connectivity index (χ0v) is 14.6. The van der Waals surface area contributed by atoms with E-state index in [-0.39, 0.29) is 36.2 Å². The highest BCUT2D eigenvalue weighted by Gasteiger charge is 2.22. The molecule has 0 unspecified atom stereocenters. The molecule has 0 aliphatic carbocycles. The van der Waals surface area contributed by atoms with Crippen LogP contribution >= 0.6 is 0 Å². The van der Waals surface area contributed by atoms with Gasteiger partial charge in [0, 0.05) is 17.8 Å². The van der Waals surface area contributed by atoms with Gasteiger partial charge < -0.3 is 25.3 Å². The maximum atomic E-state index is 12.0. The minimum absolute atomic E-state index is 0.0161. The number of nitrogens with one attached hydrogen (secondary N) is 1. The van der Waals surface area contributed by atoms with Crippen LogP contribution in [-0.2, 0) is 9.53 Å². The van der Waals surface area contributed by atoms with Crippen LogP contribution in [0.15, 0.2) is 42.5 Å². The van der Waals surface area contributed by atoms with Gasteiger partial charge in [0.25, 0.3) is 11.6 Å². The summed E-state index contributed by atoms with van der Waals surface area (Å²) in [5, 5.41) is 13.4. The Labute approximate surface area is 159 Å². The molecule has 1 heterocycles. The number of nitrogens with zero attached hydrogens (tertiary/aromatic N) is 1. The highest BCUT2D eigenvalue weighted by Crippen LogP contribution is 2.30. The van der Waals surface area contributed by atoms with Gasteiger partial charge in [0.05, 0.1) is 17.0 Å². The maximum absolute atomic E-state index is 12.0. The summed E-state index contributed by atoms with van der Waals surface area (Å²) in [6, 6.07) is 10.6. The summed E-state index contributed by atoms with van der Waals surface area (Å²) in [4.78, 5) is 34.1. The van der Waals surface area contributed by atoms with Crippen molar-refractivity contribution >= 4 is 23.3 Å². The van der Waals surface area contributed by atoms with E-state index >= 15 is 0 Å². The Hall–Kier alpha value is -3.82. The molecule has 0 saturated heterocycles. The number of hydrogen-bond donors (Lipinski definition) is 2. The van der Waals surface area contributed by atoms with Crippen LogP contribution in [0.2, 0.25) is 0 Å². The average molecular weight is 387 g/mol. The van der Waals surface area contributed by atoms with Crippen LogP contribution in [0.1, 0.15) is 10.4 Å². The van der Waals surface area contributed by atoms with Crippen molar-refractivity contribution in [1.29, 1.82) is 0 Å². The molecule has 0 spiro atoms. The molecular weight excluding hydrogens is 370 g/mol. The molecular formula is C18H17N3O7. The normalized spacial score (nSPS) is 14.8. The minimum Gasteiger partial charge on any atom is -0.486 e. The second-order valence-corrected chi connectivity index (χ2v) is 5.91. The number of carbonyl (C=O) groups excluding carboxylic acids is 2. The average Bonchev–Trinajstić information content (AvgIpc) is 2.70. The minimum atomic E-state index is -0.928. The van der Waals surface area contributed by atoms with Gasteiger partial charge in [0.15, 0.2) is 18.1 Å². The lowest BCUT2D eigenvalue weighted by molar-refractivity contribution is -0.384. The lowest BCUT2D eigenvalue weighted by Crippen LogP contribution is -2.42. The summed E-state index contributed by atoms with van der Waals surface area (Å²) < 4.78 is 16.1. The predicted octanol–water partition coefficient (Wildman–Crippen LogP) is 1.29. The predicted molar refractivity (Wildman–Crippen MR) is 97.2 cm³/mol. The van der Waals surface area contributed by atoms with Crippen LogP contribution in [0, 0.1) is 10.1 Å². The van der Waals surface area contributed by atoms with Crippen LogP contribution in [0.5, 0.6) is 11.5 Å². The molecule has 1 atom stereocenters. The third-order valence-corrected chi connectivity index (χ3v) is 3.90. The summed E-state index contributed by atoms with van der Waals surface area (Å²) in [7, 11) is 0. The number of nitrogens with two attached hydrogens (primary N) is 1. The first-order valence-corrected chi connectivity index (χ1v) is 8.30. The molecule has 146 valence electrons. The number of carbonyl (C=O) groups is 2. The molecule has 1 aliphatic heterocycles. The molecule has 0 bridgehead atoms. The summed E-state index contributed by atoms with van der Waals surface area (Å²) >= 11 is 0. The van der Waals surface area contributed by atoms with Crippen molar-refractivity contribution in [3.8, 4) is 11.5 Å². The van der Waals surface area contributed by atoms with Crippen molar-refractivity contribution in [1.82, 2.24) is 5.32 Å². The van der Waals surface area contributed by atoms with Crippen LogP contribution in [0.4, 0.5) is 11.4 Å². The van der Waals surface area contributed by atoms with Gasteiger partial charge in [-0.1, -0.05) is 12.1 Å². The second-order valence-electron chi connectivity index (χ2n) is 5.91. The molecule has 2 aromatic carbocycles. The lowest BCUT2D eigenvalue weighted by Gasteiger charge is -2.26. The van der Waals surface area contributed by atoms with Crippen molar-refractivity contribution in [2.75, 3.05) is 25.5 Å². The number of benzene rings is 2. The summed E-state index contributed by atoms with van der Waals surface area (Å²) in [6.45, 7) is -0.143. The van der Waals surface area contributed by atoms with E-state index < -0.39 is 23.4 Å². The smallest absolute Gasteiger partial charge is 0.341 e. The third-order valence-electron chi connectivity index (χ3n) is 3.90. The van der Waals surface area contributed by atoms with Gasteiger partial charge in [-0.2, -0.15) is 0 Å². The van der Waals surface area contributed by atoms with E-state index in [0.29, 0.717) is 11.5 Å². The van der Waals surface area contributed by atoms with E-state index in [1.54, 1.807) is 12.1 Å². The number of nitro groups is 1. The molecule has 0 radical (unpaired) electrons. The molecule has 0 saturated carbocycles. The van der Waals surface area contributed by atoms with E-state index in [1.165, 1.54) is 12.1 Å². The Balaban J connectivity index is 1.48. The Morgan fingerprint density at radius 2 is 2.00 bits per heavy atom. The first-order chi connectivity index (χ1) is 13.4. The van der Waals surface area contributed by atoms with Crippen LogP contribution in [-0.4, -0.2) is 42.7 Å². The monoisotopic (exact) mass is 387 g/mol. The van der Waals surface area contributed by atoms with Crippen molar-refractivity contribution in [3.63, 3.8) is 0 Å². The number of nitrogen functional groups attached to an aromatic ring is 1. The molecule has 10 heteroatoms. The number of non-ortho nitro benzene ring substituents is 1. The third kappa shape index (κ3) is 4.47. The lowest BCUT2D eigenvalue weighted by atomic mass is 10.1. The zero-order chi connectivity index (χ0) is 20.1. The number of rotatable bonds is 6. The number of amides is 1. The first-order valence-electron chi connectivity index (χ1n) is 8.30. The zero-order valence-electron chi connectivity index (χ0n) is 14.6. The van der Waals surface area contributed by atoms with Gasteiger partial charge in [-0.15, -0.1) is 0 Å². The summed E-state index contributed by atoms with van der Waals surface area (Å²) in [5.41, 5.74) is 5.17. The van der Waals surface area contributed by atoms with Gasteiger partial charge in [-0.05, 0) is 18.2 Å². The van der Waals surface area contributed by atoms with E-state index in [4.69, 9.17) is 19.9 Å². The van der Waals surface area contributed by atoms with Crippen molar-refractivity contribution < 1.29 is 28.7 Å². The molecule has 1 aliphatic rings. The van der Waals surface area contributed by atoms with Crippen LogP contribution < -0.4 is 20.5 Å². The fourth-order valence-electron chi connectivity index (χ4n) is 2.49. The summed E-state index contributed by atoms with van der Waals surface area (Å²) in [6.07, 6.45) is -0.387. The molecule has 1 amide bonds.